The van der Waals surface area contributed by atoms with Crippen LogP contribution in [0, 0.1) is 0 Å². The molecule has 0 amide bonds. The lowest BCUT2D eigenvalue weighted by atomic mass is 9.95. The summed E-state index contributed by atoms with van der Waals surface area (Å²) in [7, 11) is 0. The summed E-state index contributed by atoms with van der Waals surface area (Å²) in [6, 6.07) is 7.72. The molecule has 2 atom stereocenters. The first-order valence-corrected chi connectivity index (χ1v) is 5.32. The lowest BCUT2D eigenvalue weighted by molar-refractivity contribution is 0.0965. The Morgan fingerprint density at radius 1 is 1.40 bits per heavy atom. The number of halogens is 2. The van der Waals surface area contributed by atoms with Gasteiger partial charge in [-0.15, -0.1) is 12.4 Å². The van der Waals surface area contributed by atoms with Crippen molar-refractivity contribution < 1.29 is 5.11 Å². The molecule has 1 aromatic rings. The smallest absolute Gasteiger partial charge is 0.0735 e. The summed E-state index contributed by atoms with van der Waals surface area (Å²) < 4.78 is 0. The number of hydrogen-bond donors (Lipinski definition) is 2. The molecule has 0 bridgehead atoms. The first-order chi connectivity index (χ1) is 6.77. The first-order valence-electron chi connectivity index (χ1n) is 4.94. The minimum absolute atomic E-state index is 0. The van der Waals surface area contributed by atoms with Crippen LogP contribution in [0.5, 0.6) is 0 Å². The molecule has 2 unspecified atom stereocenters. The second kappa shape index (κ2) is 5.71. The average molecular weight is 248 g/mol. The number of aliphatic hydroxyl groups is 1. The van der Waals surface area contributed by atoms with Crippen molar-refractivity contribution >= 4 is 24.0 Å². The molecule has 2 rings (SSSR count). The molecule has 1 aliphatic rings. The highest BCUT2D eigenvalue weighted by Crippen LogP contribution is 2.25. The molecule has 0 spiro atoms. The van der Waals surface area contributed by atoms with Crippen LogP contribution < -0.4 is 5.32 Å². The van der Waals surface area contributed by atoms with Crippen molar-refractivity contribution in [2.75, 3.05) is 6.54 Å². The SMILES string of the molecule is Cl.OC1CCCNC1c1cccc(Cl)c1. The van der Waals surface area contributed by atoms with E-state index >= 15 is 0 Å². The second-order valence-electron chi connectivity index (χ2n) is 3.70. The van der Waals surface area contributed by atoms with Gasteiger partial charge < -0.3 is 10.4 Å². The van der Waals surface area contributed by atoms with Gasteiger partial charge in [-0.3, -0.25) is 0 Å². The number of nitrogens with one attached hydrogen (secondary N) is 1. The normalized spacial score (nSPS) is 25.7. The van der Waals surface area contributed by atoms with Crippen LogP contribution in [0.1, 0.15) is 24.4 Å². The summed E-state index contributed by atoms with van der Waals surface area (Å²) >= 11 is 5.90. The van der Waals surface area contributed by atoms with Gasteiger partial charge in [0.15, 0.2) is 0 Å². The zero-order chi connectivity index (χ0) is 9.97. The molecular weight excluding hydrogens is 233 g/mol. The van der Waals surface area contributed by atoms with E-state index in [0.717, 1.165) is 30.0 Å². The maximum Gasteiger partial charge on any atom is 0.0735 e. The van der Waals surface area contributed by atoms with Crippen LogP contribution in [0.25, 0.3) is 0 Å². The van der Waals surface area contributed by atoms with Gasteiger partial charge in [-0.25, -0.2) is 0 Å². The van der Waals surface area contributed by atoms with Gasteiger partial charge in [-0.05, 0) is 37.1 Å². The molecule has 15 heavy (non-hydrogen) atoms. The average Bonchev–Trinajstić information content (AvgIpc) is 2.18. The van der Waals surface area contributed by atoms with E-state index in [1.165, 1.54) is 0 Å². The van der Waals surface area contributed by atoms with E-state index < -0.39 is 0 Å². The molecule has 1 fully saturated rings. The molecule has 2 nitrogen and oxygen atoms in total. The highest BCUT2D eigenvalue weighted by molar-refractivity contribution is 6.30. The van der Waals surface area contributed by atoms with Crippen molar-refractivity contribution in [3.8, 4) is 0 Å². The van der Waals surface area contributed by atoms with E-state index in [1.54, 1.807) is 0 Å². The topological polar surface area (TPSA) is 32.3 Å². The molecule has 2 N–H and O–H groups in total. The fraction of sp³-hybridized carbons (Fsp3) is 0.455. The second-order valence-corrected chi connectivity index (χ2v) is 4.13. The fourth-order valence-electron chi connectivity index (χ4n) is 1.91. The van der Waals surface area contributed by atoms with Crippen molar-refractivity contribution in [2.45, 2.75) is 25.0 Å². The van der Waals surface area contributed by atoms with E-state index in [2.05, 4.69) is 5.32 Å². The summed E-state index contributed by atoms with van der Waals surface area (Å²) in [6.45, 7) is 0.967. The molecule has 0 radical (unpaired) electrons. The van der Waals surface area contributed by atoms with Crippen molar-refractivity contribution in [1.82, 2.24) is 5.32 Å². The highest BCUT2D eigenvalue weighted by Gasteiger charge is 2.23. The Labute approximate surface area is 101 Å². The zero-order valence-corrected chi connectivity index (χ0v) is 9.89. The Kier molecular flexibility index (Phi) is 4.87. The third kappa shape index (κ3) is 3.08. The molecule has 84 valence electrons. The zero-order valence-electron chi connectivity index (χ0n) is 8.32. The van der Waals surface area contributed by atoms with Crippen molar-refractivity contribution in [3.05, 3.63) is 34.9 Å². The summed E-state index contributed by atoms with van der Waals surface area (Å²) in [6.07, 6.45) is 1.62. The van der Waals surface area contributed by atoms with E-state index in [-0.39, 0.29) is 24.6 Å². The predicted molar refractivity (Wildman–Crippen MR) is 64.7 cm³/mol. The van der Waals surface area contributed by atoms with E-state index in [4.69, 9.17) is 11.6 Å². The van der Waals surface area contributed by atoms with Crippen LogP contribution in [-0.4, -0.2) is 17.8 Å². The van der Waals surface area contributed by atoms with Gasteiger partial charge in [0, 0.05) is 5.02 Å². The number of piperidine rings is 1. The summed E-state index contributed by atoms with van der Waals surface area (Å²) in [5.41, 5.74) is 1.07. The van der Waals surface area contributed by atoms with Gasteiger partial charge >= 0.3 is 0 Å². The summed E-state index contributed by atoms with van der Waals surface area (Å²) in [4.78, 5) is 0. The van der Waals surface area contributed by atoms with Crippen LogP contribution in [0.3, 0.4) is 0 Å². The van der Waals surface area contributed by atoms with Gasteiger partial charge in [-0.1, -0.05) is 23.7 Å². The minimum atomic E-state index is -0.290. The third-order valence-corrected chi connectivity index (χ3v) is 2.87. The summed E-state index contributed by atoms with van der Waals surface area (Å²) in [5.74, 6) is 0. The van der Waals surface area contributed by atoms with E-state index in [1.807, 2.05) is 24.3 Å². The van der Waals surface area contributed by atoms with E-state index in [0.29, 0.717) is 0 Å². The van der Waals surface area contributed by atoms with Gasteiger partial charge in [0.25, 0.3) is 0 Å². The van der Waals surface area contributed by atoms with Crippen LogP contribution in [0.4, 0.5) is 0 Å². The maximum absolute atomic E-state index is 9.81. The van der Waals surface area contributed by atoms with Gasteiger partial charge in [0.05, 0.1) is 12.1 Å². The molecule has 4 heteroatoms. The third-order valence-electron chi connectivity index (χ3n) is 2.63. The molecule has 1 aromatic carbocycles. The van der Waals surface area contributed by atoms with Gasteiger partial charge in [0.1, 0.15) is 0 Å². The molecule has 1 aliphatic heterocycles. The Morgan fingerprint density at radius 2 is 2.20 bits per heavy atom. The van der Waals surface area contributed by atoms with Crippen LogP contribution in [0.15, 0.2) is 24.3 Å². The Morgan fingerprint density at radius 3 is 2.87 bits per heavy atom. The Bertz CT molecular complexity index is 319. The standard InChI is InChI=1S/C11H14ClNO.ClH/c12-9-4-1-3-8(7-9)11-10(14)5-2-6-13-11;/h1,3-4,7,10-11,13-14H,2,5-6H2;1H. The van der Waals surface area contributed by atoms with Crippen LogP contribution in [-0.2, 0) is 0 Å². The van der Waals surface area contributed by atoms with Crippen molar-refractivity contribution in [3.63, 3.8) is 0 Å². The highest BCUT2D eigenvalue weighted by atomic mass is 35.5. The molecule has 0 aliphatic carbocycles. The number of aliphatic hydroxyl groups excluding tert-OH is 1. The fourth-order valence-corrected chi connectivity index (χ4v) is 2.11. The van der Waals surface area contributed by atoms with Gasteiger partial charge in [0.2, 0.25) is 0 Å². The molecular formula is C11H15Cl2NO. The minimum Gasteiger partial charge on any atom is -0.391 e. The quantitative estimate of drug-likeness (QED) is 0.800. The van der Waals surface area contributed by atoms with Gasteiger partial charge in [-0.2, -0.15) is 0 Å². The Hall–Kier alpha value is -0.280. The maximum atomic E-state index is 9.81. The summed E-state index contributed by atoms with van der Waals surface area (Å²) in [5, 5.41) is 13.8. The van der Waals surface area contributed by atoms with E-state index in [9.17, 15) is 5.11 Å². The molecule has 1 heterocycles. The predicted octanol–water partition coefficient (Wildman–Crippen LogP) is 2.55. The lowest BCUT2D eigenvalue weighted by Gasteiger charge is -2.29. The lowest BCUT2D eigenvalue weighted by Crippen LogP contribution is -2.37. The number of rotatable bonds is 1. The number of benzene rings is 1. The molecule has 0 aromatic heterocycles. The molecule has 0 saturated carbocycles. The monoisotopic (exact) mass is 247 g/mol. The van der Waals surface area contributed by atoms with Crippen LogP contribution >= 0.6 is 24.0 Å². The van der Waals surface area contributed by atoms with Crippen molar-refractivity contribution in [1.29, 1.82) is 0 Å². The largest absolute Gasteiger partial charge is 0.391 e. The first kappa shape index (κ1) is 12.8. The van der Waals surface area contributed by atoms with Crippen molar-refractivity contribution in [2.24, 2.45) is 0 Å². The van der Waals surface area contributed by atoms with Crippen LogP contribution in [0.2, 0.25) is 5.02 Å². The Balaban J connectivity index is 0.00000112. The number of hydrogen-bond acceptors (Lipinski definition) is 2. The molecule has 1 saturated heterocycles.